The highest BCUT2D eigenvalue weighted by Crippen LogP contribution is 2.67. The van der Waals surface area contributed by atoms with Crippen molar-refractivity contribution in [3.63, 3.8) is 0 Å². The smallest absolute Gasteiger partial charge is 0.433 e. The van der Waals surface area contributed by atoms with Crippen LogP contribution in [0.5, 0.6) is 0 Å². The third-order valence-corrected chi connectivity index (χ3v) is 10.5. The summed E-state index contributed by atoms with van der Waals surface area (Å²) in [6, 6.07) is 1.30. The van der Waals surface area contributed by atoms with Crippen LogP contribution in [0.4, 0.5) is 17.6 Å². The van der Waals surface area contributed by atoms with E-state index in [1.165, 1.54) is 11.0 Å². The Morgan fingerprint density at radius 3 is 2.26 bits per heavy atom. The number of carbonyl (C=O) groups excluding carboxylic acids is 2. The van der Waals surface area contributed by atoms with Crippen LogP contribution in [0.25, 0.3) is 0 Å². The number of halogens is 5. The Morgan fingerprint density at radius 2 is 1.71 bits per heavy atom. The molecule has 3 aliphatic rings. The van der Waals surface area contributed by atoms with E-state index in [0.717, 1.165) is 16.9 Å². The number of hydrogen-bond donors (Lipinski definition) is 1. The van der Waals surface area contributed by atoms with Crippen molar-refractivity contribution in [2.75, 3.05) is 6.54 Å². The summed E-state index contributed by atoms with van der Waals surface area (Å²) < 4.78 is 58.8. The lowest BCUT2D eigenvalue weighted by atomic mass is 9.74. The average Bonchev–Trinajstić information content (AvgIpc) is 3.33. The number of ketones is 1. The van der Waals surface area contributed by atoms with E-state index in [9.17, 15) is 37.1 Å². The van der Waals surface area contributed by atoms with Crippen LogP contribution in [-0.2, 0) is 11.0 Å². The fraction of sp³-hybridized carbons (Fsp3) is 0.600. The first-order valence-corrected chi connectivity index (χ1v) is 14.5. The number of rotatable bonds is 7. The van der Waals surface area contributed by atoms with Gasteiger partial charge in [0, 0.05) is 11.6 Å². The zero-order chi connectivity index (χ0) is 30.9. The van der Waals surface area contributed by atoms with Crippen molar-refractivity contribution in [1.82, 2.24) is 14.7 Å². The summed E-state index contributed by atoms with van der Waals surface area (Å²) in [5, 5.41) is 13.1. The molecule has 1 aromatic heterocycles. The van der Waals surface area contributed by atoms with E-state index in [1.807, 2.05) is 0 Å². The van der Waals surface area contributed by atoms with E-state index in [2.05, 4.69) is 18.9 Å². The number of aromatic nitrogens is 2. The molecule has 3 fully saturated rings. The molecule has 0 aliphatic heterocycles. The average molecular weight is 612 g/mol. The number of aryl methyl sites for hydroxylation is 1. The molecule has 0 radical (unpaired) electrons. The van der Waals surface area contributed by atoms with Gasteiger partial charge in [0.15, 0.2) is 11.5 Å². The third kappa shape index (κ3) is 5.11. The maximum absolute atomic E-state index is 14.6. The first-order valence-electron chi connectivity index (χ1n) is 14.1. The Hall–Kier alpha value is -2.95. The van der Waals surface area contributed by atoms with Gasteiger partial charge in [-0.25, -0.2) is 4.39 Å². The predicted octanol–water partition coefficient (Wildman–Crippen LogP) is 6.97. The number of aliphatic carboxylic acids is 1. The normalized spacial score (nSPS) is 28.3. The molecule has 3 aliphatic carbocycles. The van der Waals surface area contributed by atoms with Gasteiger partial charge in [0.25, 0.3) is 5.91 Å². The number of hydrogen-bond acceptors (Lipinski definition) is 4. The second-order valence-corrected chi connectivity index (χ2v) is 13.4. The van der Waals surface area contributed by atoms with E-state index < -0.39 is 70.0 Å². The van der Waals surface area contributed by atoms with Gasteiger partial charge in [-0.15, -0.1) is 0 Å². The van der Waals surface area contributed by atoms with Crippen LogP contribution in [0, 0.1) is 35.4 Å². The Balaban J connectivity index is 1.49. The summed E-state index contributed by atoms with van der Waals surface area (Å²) in [7, 11) is 0. The minimum atomic E-state index is -4.94. The second kappa shape index (κ2) is 10.3. The summed E-state index contributed by atoms with van der Waals surface area (Å²) in [6.45, 7) is 6.80. The summed E-state index contributed by atoms with van der Waals surface area (Å²) in [5.74, 6) is -2.88. The fourth-order valence-electron chi connectivity index (χ4n) is 7.25. The SMILES string of the molecule is Cc1ccc(F)c(Cl)c1C(=O)CN(C(=O)c1cnn([C@H]2CC[C@](C)(C(=O)O)CC2)c1C(F)(F)F)C1C[C@@H]2[C@H](C1)C2(C)C. The molecule has 1 N–H and O–H groups in total. The van der Waals surface area contributed by atoms with E-state index >= 15 is 0 Å². The zero-order valence-corrected chi connectivity index (χ0v) is 24.7. The highest BCUT2D eigenvalue weighted by Gasteiger charge is 2.63. The van der Waals surface area contributed by atoms with E-state index in [-0.39, 0.29) is 48.5 Å². The quantitative estimate of drug-likeness (QED) is 0.270. The Labute approximate surface area is 246 Å². The molecule has 2 aromatic rings. The lowest BCUT2D eigenvalue weighted by Gasteiger charge is -2.35. The van der Waals surface area contributed by atoms with Gasteiger partial charge in [0.1, 0.15) is 5.82 Å². The van der Waals surface area contributed by atoms with Gasteiger partial charge < -0.3 is 10.0 Å². The Bertz CT molecular complexity index is 1430. The van der Waals surface area contributed by atoms with Gasteiger partial charge in [-0.1, -0.05) is 31.5 Å². The standard InChI is InChI=1S/C30H34ClF4N3O4/c1-15-5-6-21(32)24(31)23(15)22(39)14-37(17-11-19-20(12-17)28(19,2)3)26(40)18-13-36-38(25(18)30(33,34)35)16-7-9-29(4,10-8-16)27(41)42/h5-6,13,16-17,19-20H,7-12,14H2,1-4H3,(H,41,42)/t16-,17?,19-,20+,29-. The molecule has 3 atom stereocenters. The molecule has 0 spiro atoms. The summed E-state index contributed by atoms with van der Waals surface area (Å²) in [4.78, 5) is 40.3. The van der Waals surface area contributed by atoms with Crippen LogP contribution in [0.1, 0.15) is 97.3 Å². The van der Waals surface area contributed by atoms with Crippen LogP contribution in [0.2, 0.25) is 5.02 Å². The summed E-state index contributed by atoms with van der Waals surface area (Å²) in [6.07, 6.45) is -2.31. The molecule has 228 valence electrons. The highest BCUT2D eigenvalue weighted by molar-refractivity contribution is 6.34. The monoisotopic (exact) mass is 611 g/mol. The molecule has 42 heavy (non-hydrogen) atoms. The topological polar surface area (TPSA) is 92.5 Å². The van der Waals surface area contributed by atoms with Gasteiger partial charge in [0.2, 0.25) is 0 Å². The van der Waals surface area contributed by atoms with E-state index in [4.69, 9.17) is 11.6 Å². The molecule has 12 heteroatoms. The number of alkyl halides is 3. The van der Waals surface area contributed by atoms with Gasteiger partial charge in [-0.05, 0) is 81.3 Å². The van der Waals surface area contributed by atoms with Crippen molar-refractivity contribution >= 4 is 29.3 Å². The Morgan fingerprint density at radius 1 is 1.12 bits per heavy atom. The number of nitrogens with zero attached hydrogens (tertiary/aromatic N) is 3. The summed E-state index contributed by atoms with van der Waals surface area (Å²) in [5.41, 5.74) is -2.56. The van der Waals surface area contributed by atoms with Crippen LogP contribution >= 0.6 is 11.6 Å². The van der Waals surface area contributed by atoms with E-state index in [1.54, 1.807) is 13.8 Å². The largest absolute Gasteiger partial charge is 0.481 e. The summed E-state index contributed by atoms with van der Waals surface area (Å²) >= 11 is 6.12. The highest BCUT2D eigenvalue weighted by atomic mass is 35.5. The van der Waals surface area contributed by atoms with Crippen molar-refractivity contribution in [2.45, 2.75) is 84.5 Å². The lowest BCUT2D eigenvalue weighted by molar-refractivity contribution is -0.152. The van der Waals surface area contributed by atoms with Crippen molar-refractivity contribution in [1.29, 1.82) is 0 Å². The molecule has 3 saturated carbocycles. The van der Waals surface area contributed by atoms with Crippen molar-refractivity contribution < 1.29 is 37.1 Å². The fourth-order valence-corrected chi connectivity index (χ4v) is 7.57. The molecule has 5 rings (SSSR count). The van der Waals surface area contributed by atoms with Gasteiger partial charge in [-0.3, -0.25) is 19.1 Å². The number of amides is 1. The maximum Gasteiger partial charge on any atom is 0.433 e. The molecule has 1 heterocycles. The molecular weight excluding hydrogens is 578 g/mol. The number of carboxylic acid groups (broad SMARTS) is 1. The predicted molar refractivity (Wildman–Crippen MR) is 146 cm³/mol. The number of fused-ring (bicyclic) bond motifs is 1. The molecule has 1 amide bonds. The molecule has 1 unspecified atom stereocenters. The Kier molecular flexibility index (Phi) is 7.52. The van der Waals surface area contributed by atoms with Crippen molar-refractivity contribution in [2.24, 2.45) is 22.7 Å². The van der Waals surface area contributed by atoms with Crippen LogP contribution in [0.15, 0.2) is 18.3 Å². The first-order chi connectivity index (χ1) is 19.5. The van der Waals surface area contributed by atoms with Gasteiger partial charge >= 0.3 is 12.1 Å². The van der Waals surface area contributed by atoms with Gasteiger partial charge in [0.05, 0.1) is 34.8 Å². The number of benzene rings is 1. The minimum absolute atomic E-state index is 0.0606. The first kappa shape index (κ1) is 30.5. The van der Waals surface area contributed by atoms with Crippen LogP contribution in [0.3, 0.4) is 0 Å². The molecule has 1 aromatic carbocycles. The lowest BCUT2D eigenvalue weighted by Crippen LogP contribution is -2.44. The molecule has 7 nitrogen and oxygen atoms in total. The second-order valence-electron chi connectivity index (χ2n) is 13.0. The zero-order valence-electron chi connectivity index (χ0n) is 23.9. The maximum atomic E-state index is 14.6. The minimum Gasteiger partial charge on any atom is -0.481 e. The van der Waals surface area contributed by atoms with Crippen LogP contribution in [-0.4, -0.2) is 50.0 Å². The molecular formula is C30H34ClF4N3O4. The number of carbonyl (C=O) groups is 3. The molecule has 0 saturated heterocycles. The van der Waals surface area contributed by atoms with Crippen molar-refractivity contribution in [3.8, 4) is 0 Å². The van der Waals surface area contributed by atoms with E-state index in [0.29, 0.717) is 18.4 Å². The van der Waals surface area contributed by atoms with Crippen molar-refractivity contribution in [3.05, 3.63) is 51.6 Å². The third-order valence-electron chi connectivity index (χ3n) is 10.2. The number of carboxylic acids is 1. The van der Waals surface area contributed by atoms with Crippen LogP contribution < -0.4 is 0 Å². The molecule has 0 bridgehead atoms. The number of Topliss-reactive ketones (excluding diaryl/α,β-unsaturated/α-hetero) is 1. The van der Waals surface area contributed by atoms with Gasteiger partial charge in [-0.2, -0.15) is 18.3 Å².